The third-order valence-electron chi connectivity index (χ3n) is 6.93. The van der Waals surface area contributed by atoms with Crippen molar-refractivity contribution in [2.45, 2.75) is 65.3 Å². The summed E-state index contributed by atoms with van der Waals surface area (Å²) in [6.45, 7) is 7.68. The van der Waals surface area contributed by atoms with Crippen molar-refractivity contribution in [3.05, 3.63) is 53.6 Å². The van der Waals surface area contributed by atoms with Gasteiger partial charge in [0.2, 0.25) is 5.91 Å². The summed E-state index contributed by atoms with van der Waals surface area (Å²) in [5.41, 5.74) is 3.07. The molecule has 0 unspecified atom stereocenters. The largest absolute Gasteiger partial charge is 0.495 e. The fourth-order valence-electron chi connectivity index (χ4n) is 4.74. The first-order valence-corrected chi connectivity index (χ1v) is 12.7. The monoisotopic (exact) mass is 509 g/mol. The Labute approximate surface area is 219 Å². The van der Waals surface area contributed by atoms with Crippen LogP contribution in [0.5, 0.6) is 5.75 Å². The van der Waals surface area contributed by atoms with Gasteiger partial charge in [0, 0.05) is 11.6 Å². The van der Waals surface area contributed by atoms with Crippen LogP contribution in [0.1, 0.15) is 63.5 Å². The summed E-state index contributed by atoms with van der Waals surface area (Å²) < 4.78 is 10.2. The lowest BCUT2D eigenvalue weighted by molar-refractivity contribution is -0.149. The number of urea groups is 1. The smallest absolute Gasteiger partial charge is 0.328 e. The molecule has 2 aromatic rings. The highest BCUT2D eigenvalue weighted by atomic mass is 16.5. The number of carbonyl (C=O) groups is 3. The van der Waals surface area contributed by atoms with Gasteiger partial charge in [0.05, 0.1) is 19.9 Å². The fraction of sp³-hybridized carbons (Fsp3) is 0.483. The van der Waals surface area contributed by atoms with Crippen LogP contribution in [-0.4, -0.2) is 38.2 Å². The van der Waals surface area contributed by atoms with Crippen LogP contribution in [0.25, 0.3) is 0 Å². The Morgan fingerprint density at radius 3 is 2.14 bits per heavy atom. The van der Waals surface area contributed by atoms with E-state index in [0.717, 1.165) is 31.2 Å². The Morgan fingerprint density at radius 2 is 1.57 bits per heavy atom. The average Bonchev–Trinajstić information content (AvgIpc) is 2.86. The highest BCUT2D eigenvalue weighted by molar-refractivity contribution is 6.00. The van der Waals surface area contributed by atoms with Crippen LogP contribution in [0.15, 0.2) is 42.5 Å². The lowest BCUT2D eigenvalue weighted by Gasteiger charge is -2.33. The number of carbonyl (C=O) groups excluding carboxylic acids is 3. The maximum absolute atomic E-state index is 12.9. The van der Waals surface area contributed by atoms with Gasteiger partial charge in [-0.2, -0.15) is 0 Å². The van der Waals surface area contributed by atoms with Gasteiger partial charge in [0.1, 0.15) is 11.8 Å². The molecular weight excluding hydrogens is 470 g/mol. The minimum atomic E-state index is -0.674. The third kappa shape index (κ3) is 7.47. The van der Waals surface area contributed by atoms with E-state index in [1.165, 1.54) is 12.7 Å². The third-order valence-corrected chi connectivity index (χ3v) is 6.93. The number of esters is 1. The van der Waals surface area contributed by atoms with E-state index >= 15 is 0 Å². The molecule has 1 fully saturated rings. The standard InChI is InChI=1S/C29H39N3O5/c1-18-7-16-24(36-5)23(17-18)31-28(35)30-22-14-12-20(13-15-22)19-8-10-21(11-9-19)26(33)32-25(27(34)37-6)29(2,3)4/h7,12-17,19,21,25H,8-11H2,1-6H3,(H,32,33)(H2,30,31,35)/t19-,21-,25-/m1/s1. The van der Waals surface area contributed by atoms with E-state index in [1.54, 1.807) is 7.11 Å². The first kappa shape index (κ1) is 28.0. The second-order valence-electron chi connectivity index (χ2n) is 10.8. The molecule has 3 amide bonds. The molecule has 3 N–H and O–H groups in total. The van der Waals surface area contributed by atoms with E-state index < -0.39 is 17.4 Å². The van der Waals surface area contributed by atoms with Crippen molar-refractivity contribution in [1.82, 2.24) is 5.32 Å². The minimum Gasteiger partial charge on any atom is -0.495 e. The van der Waals surface area contributed by atoms with E-state index in [0.29, 0.717) is 23.0 Å². The molecule has 2 aromatic carbocycles. The lowest BCUT2D eigenvalue weighted by Crippen LogP contribution is -2.51. The van der Waals surface area contributed by atoms with Crippen LogP contribution in [0.3, 0.4) is 0 Å². The summed E-state index contributed by atoms with van der Waals surface area (Å²) >= 11 is 0. The van der Waals surface area contributed by atoms with E-state index in [1.807, 2.05) is 70.2 Å². The molecule has 0 saturated heterocycles. The Hall–Kier alpha value is -3.55. The second kappa shape index (κ2) is 12.1. The molecule has 3 rings (SSSR count). The minimum absolute atomic E-state index is 0.0837. The molecule has 1 aliphatic rings. The zero-order chi connectivity index (χ0) is 27.2. The molecule has 0 aliphatic heterocycles. The van der Waals surface area contributed by atoms with Gasteiger partial charge in [-0.05, 0) is 79.3 Å². The zero-order valence-corrected chi connectivity index (χ0v) is 22.6. The molecule has 8 heteroatoms. The van der Waals surface area contributed by atoms with E-state index in [9.17, 15) is 14.4 Å². The number of benzene rings is 2. The maximum Gasteiger partial charge on any atom is 0.328 e. The van der Waals surface area contributed by atoms with E-state index in [-0.39, 0.29) is 17.9 Å². The van der Waals surface area contributed by atoms with Crippen molar-refractivity contribution in [3.8, 4) is 5.75 Å². The number of amides is 3. The number of methoxy groups -OCH3 is 2. The number of anilines is 2. The van der Waals surface area contributed by atoms with Crippen molar-refractivity contribution < 1.29 is 23.9 Å². The van der Waals surface area contributed by atoms with Crippen molar-refractivity contribution in [3.63, 3.8) is 0 Å². The lowest BCUT2D eigenvalue weighted by atomic mass is 9.78. The van der Waals surface area contributed by atoms with Crippen LogP contribution in [0.2, 0.25) is 0 Å². The maximum atomic E-state index is 12.9. The van der Waals surface area contributed by atoms with Gasteiger partial charge in [-0.15, -0.1) is 0 Å². The van der Waals surface area contributed by atoms with Crippen molar-refractivity contribution in [2.75, 3.05) is 24.9 Å². The van der Waals surface area contributed by atoms with E-state index in [4.69, 9.17) is 9.47 Å². The van der Waals surface area contributed by atoms with Gasteiger partial charge in [-0.3, -0.25) is 4.79 Å². The summed E-state index contributed by atoms with van der Waals surface area (Å²) in [4.78, 5) is 37.6. The molecule has 200 valence electrons. The van der Waals surface area contributed by atoms with Crippen molar-refractivity contribution >= 4 is 29.3 Å². The molecule has 0 radical (unpaired) electrons. The van der Waals surface area contributed by atoms with Gasteiger partial charge in [-0.1, -0.05) is 39.0 Å². The molecular formula is C29H39N3O5. The SMILES string of the molecule is COC(=O)[C@@H](NC(=O)[C@H]1CC[C@H](c2ccc(NC(=O)Nc3cc(C)ccc3OC)cc2)CC1)C(C)(C)C. The number of hydrogen-bond acceptors (Lipinski definition) is 5. The Morgan fingerprint density at radius 1 is 0.919 bits per heavy atom. The van der Waals surface area contributed by atoms with Gasteiger partial charge in [0.15, 0.2) is 0 Å². The highest BCUT2D eigenvalue weighted by Gasteiger charge is 2.36. The molecule has 1 atom stereocenters. The summed E-state index contributed by atoms with van der Waals surface area (Å²) in [5.74, 6) is 0.325. The predicted molar refractivity (Wildman–Crippen MR) is 145 cm³/mol. The molecule has 1 aliphatic carbocycles. The molecule has 0 bridgehead atoms. The number of rotatable bonds is 7. The zero-order valence-electron chi connectivity index (χ0n) is 22.6. The van der Waals surface area contributed by atoms with Crippen LogP contribution in [-0.2, 0) is 14.3 Å². The number of aryl methyl sites for hydroxylation is 1. The van der Waals surface area contributed by atoms with Gasteiger partial charge in [0.25, 0.3) is 0 Å². The summed E-state index contributed by atoms with van der Waals surface area (Å²) in [7, 11) is 2.91. The van der Waals surface area contributed by atoms with Crippen LogP contribution in [0, 0.1) is 18.3 Å². The van der Waals surface area contributed by atoms with Gasteiger partial charge >= 0.3 is 12.0 Å². The Balaban J connectivity index is 1.53. The first-order valence-electron chi connectivity index (χ1n) is 12.7. The summed E-state index contributed by atoms with van der Waals surface area (Å²) in [6, 6.07) is 12.4. The second-order valence-corrected chi connectivity index (χ2v) is 10.8. The number of hydrogen-bond donors (Lipinski definition) is 3. The molecule has 0 aromatic heterocycles. The predicted octanol–water partition coefficient (Wildman–Crippen LogP) is 5.63. The number of ether oxygens (including phenoxy) is 2. The molecule has 1 saturated carbocycles. The first-order chi connectivity index (χ1) is 17.5. The molecule has 0 spiro atoms. The van der Waals surface area contributed by atoms with Gasteiger partial charge < -0.3 is 25.4 Å². The highest BCUT2D eigenvalue weighted by Crippen LogP contribution is 2.36. The van der Waals surface area contributed by atoms with Crippen molar-refractivity contribution in [2.24, 2.45) is 11.3 Å². The molecule has 37 heavy (non-hydrogen) atoms. The average molecular weight is 510 g/mol. The Kier molecular flexibility index (Phi) is 9.18. The quantitative estimate of drug-likeness (QED) is 0.420. The summed E-state index contributed by atoms with van der Waals surface area (Å²) in [6.07, 6.45) is 3.29. The van der Waals surface area contributed by atoms with Crippen LogP contribution >= 0.6 is 0 Å². The fourth-order valence-corrected chi connectivity index (χ4v) is 4.74. The summed E-state index contributed by atoms with van der Waals surface area (Å²) in [5, 5.41) is 8.61. The molecule has 0 heterocycles. The Bertz CT molecular complexity index is 1100. The van der Waals surface area contributed by atoms with Crippen LogP contribution < -0.4 is 20.7 Å². The number of nitrogens with one attached hydrogen (secondary N) is 3. The van der Waals surface area contributed by atoms with E-state index in [2.05, 4.69) is 16.0 Å². The molecule has 8 nitrogen and oxygen atoms in total. The van der Waals surface area contributed by atoms with Gasteiger partial charge in [-0.25, -0.2) is 9.59 Å². The van der Waals surface area contributed by atoms with Crippen LogP contribution in [0.4, 0.5) is 16.2 Å². The topological polar surface area (TPSA) is 106 Å². The normalized spacial score (nSPS) is 18.3. The van der Waals surface area contributed by atoms with Crippen molar-refractivity contribution in [1.29, 1.82) is 0 Å².